The van der Waals surface area contributed by atoms with Gasteiger partial charge in [0.15, 0.2) is 17.3 Å². The van der Waals surface area contributed by atoms with Gasteiger partial charge in [-0.1, -0.05) is 55.0 Å². The summed E-state index contributed by atoms with van der Waals surface area (Å²) in [4.78, 5) is 29.3. The van der Waals surface area contributed by atoms with E-state index in [2.05, 4.69) is 5.32 Å². The maximum absolute atomic E-state index is 14.0. The predicted molar refractivity (Wildman–Crippen MR) is 145 cm³/mol. The van der Waals surface area contributed by atoms with Crippen LogP contribution in [0.1, 0.15) is 54.8 Å². The molecule has 0 fully saturated rings. The summed E-state index contributed by atoms with van der Waals surface area (Å²) >= 11 is 0. The molecular formula is C31H32N2O4. The van der Waals surface area contributed by atoms with Crippen LogP contribution in [0.25, 0.3) is 0 Å². The van der Waals surface area contributed by atoms with Crippen molar-refractivity contribution in [3.63, 3.8) is 0 Å². The van der Waals surface area contributed by atoms with Crippen molar-refractivity contribution in [2.75, 3.05) is 24.4 Å². The third-order valence-corrected chi connectivity index (χ3v) is 7.33. The van der Waals surface area contributed by atoms with Crippen molar-refractivity contribution >= 4 is 23.1 Å². The van der Waals surface area contributed by atoms with Gasteiger partial charge in [0.2, 0.25) is 5.91 Å². The molecule has 190 valence electrons. The number of Topliss-reactive ketones (excluding diaryl/α,β-unsaturated/α-hetero) is 1. The fourth-order valence-corrected chi connectivity index (χ4v) is 5.44. The zero-order chi connectivity index (χ0) is 26.1. The molecule has 6 heteroatoms. The number of anilines is 2. The molecule has 6 nitrogen and oxygen atoms in total. The van der Waals surface area contributed by atoms with Crippen LogP contribution in [-0.4, -0.2) is 25.9 Å². The lowest BCUT2D eigenvalue weighted by Crippen LogP contribution is -2.38. The second kappa shape index (κ2) is 10.1. The first-order chi connectivity index (χ1) is 17.9. The van der Waals surface area contributed by atoms with Gasteiger partial charge in [0, 0.05) is 24.1 Å². The molecule has 37 heavy (non-hydrogen) atoms. The number of hydrogen-bond acceptors (Lipinski definition) is 5. The number of nitrogens with zero attached hydrogens (tertiary/aromatic N) is 1. The molecule has 1 amide bonds. The monoisotopic (exact) mass is 496 g/mol. The molecule has 0 saturated heterocycles. The summed E-state index contributed by atoms with van der Waals surface area (Å²) in [6.45, 7) is 3.90. The highest BCUT2D eigenvalue weighted by atomic mass is 16.5. The fraction of sp³-hybridized carbons (Fsp3) is 0.290. The summed E-state index contributed by atoms with van der Waals surface area (Å²) in [7, 11) is 3.23. The van der Waals surface area contributed by atoms with E-state index in [-0.39, 0.29) is 17.6 Å². The number of para-hydroxylation sites is 2. The van der Waals surface area contributed by atoms with Crippen LogP contribution in [0.2, 0.25) is 0 Å². The van der Waals surface area contributed by atoms with E-state index >= 15 is 0 Å². The minimum Gasteiger partial charge on any atom is -0.493 e. The number of benzene rings is 3. The van der Waals surface area contributed by atoms with Crippen molar-refractivity contribution in [2.24, 2.45) is 0 Å². The van der Waals surface area contributed by atoms with E-state index in [9.17, 15) is 9.59 Å². The second-order valence-electron chi connectivity index (χ2n) is 9.61. The van der Waals surface area contributed by atoms with E-state index in [1.165, 1.54) is 0 Å². The Morgan fingerprint density at radius 2 is 1.65 bits per heavy atom. The van der Waals surface area contributed by atoms with Gasteiger partial charge in [-0.3, -0.25) is 14.5 Å². The van der Waals surface area contributed by atoms with Crippen molar-refractivity contribution in [3.8, 4) is 11.5 Å². The number of carbonyl (C=O) groups is 2. The van der Waals surface area contributed by atoms with E-state index in [1.807, 2.05) is 85.5 Å². The van der Waals surface area contributed by atoms with Gasteiger partial charge < -0.3 is 14.8 Å². The molecule has 5 rings (SSSR count). The summed E-state index contributed by atoms with van der Waals surface area (Å²) in [6, 6.07) is 21.3. The van der Waals surface area contributed by atoms with E-state index in [0.717, 1.165) is 33.8 Å². The molecule has 0 bridgehead atoms. The first-order valence-corrected chi connectivity index (χ1v) is 12.7. The predicted octanol–water partition coefficient (Wildman–Crippen LogP) is 6.32. The van der Waals surface area contributed by atoms with Crippen molar-refractivity contribution in [2.45, 2.75) is 45.1 Å². The number of aryl methyl sites for hydroxylation is 1. The van der Waals surface area contributed by atoms with Crippen LogP contribution in [0.5, 0.6) is 11.5 Å². The molecular weight excluding hydrogens is 464 g/mol. The average Bonchev–Trinajstić information content (AvgIpc) is 3.07. The minimum atomic E-state index is -0.502. The molecule has 0 spiro atoms. The standard InChI is InChI=1S/C31H32N2O4/c1-5-29(35)33-25-9-7-6-8-23(25)32-24-16-22(21-14-15-27(36-3)28(18-21)37-4)17-26(34)30(24)31(33)20-12-10-19(2)11-13-20/h6-15,18,22,31-32H,5,16-17H2,1-4H3. The number of ether oxygens (including phenoxy) is 2. The molecule has 0 saturated carbocycles. The molecule has 3 aromatic carbocycles. The number of ketones is 1. The van der Waals surface area contributed by atoms with Gasteiger partial charge >= 0.3 is 0 Å². The molecule has 0 radical (unpaired) electrons. The second-order valence-corrected chi connectivity index (χ2v) is 9.61. The van der Waals surface area contributed by atoms with Gasteiger partial charge in [0.05, 0.1) is 31.6 Å². The first-order valence-electron chi connectivity index (χ1n) is 12.7. The highest BCUT2D eigenvalue weighted by Crippen LogP contribution is 2.48. The SMILES string of the molecule is CCC(=O)N1c2ccccc2NC2=C(C(=O)CC(c3ccc(OC)c(OC)c3)C2)C1c1ccc(C)cc1. The van der Waals surface area contributed by atoms with Crippen molar-refractivity contribution in [3.05, 3.63) is 94.7 Å². The lowest BCUT2D eigenvalue weighted by Gasteiger charge is -2.35. The average molecular weight is 497 g/mol. The summed E-state index contributed by atoms with van der Waals surface area (Å²) < 4.78 is 10.9. The van der Waals surface area contributed by atoms with Crippen LogP contribution >= 0.6 is 0 Å². The third-order valence-electron chi connectivity index (χ3n) is 7.33. The van der Waals surface area contributed by atoms with E-state index in [4.69, 9.17) is 9.47 Å². The largest absolute Gasteiger partial charge is 0.493 e. The number of rotatable bonds is 5. The zero-order valence-corrected chi connectivity index (χ0v) is 21.7. The molecule has 0 aromatic heterocycles. The lowest BCUT2D eigenvalue weighted by molar-refractivity contribution is -0.119. The number of allylic oxidation sites excluding steroid dienone is 1. The highest BCUT2D eigenvalue weighted by Gasteiger charge is 2.41. The zero-order valence-electron chi connectivity index (χ0n) is 21.7. The van der Waals surface area contributed by atoms with Crippen LogP contribution in [-0.2, 0) is 9.59 Å². The number of amides is 1. The Balaban J connectivity index is 1.67. The van der Waals surface area contributed by atoms with Gasteiger partial charge in [-0.2, -0.15) is 0 Å². The van der Waals surface area contributed by atoms with Crippen LogP contribution in [0.3, 0.4) is 0 Å². The molecule has 1 heterocycles. The highest BCUT2D eigenvalue weighted by molar-refractivity contribution is 6.06. The van der Waals surface area contributed by atoms with Gasteiger partial charge in [0.1, 0.15) is 0 Å². The van der Waals surface area contributed by atoms with E-state index in [0.29, 0.717) is 36.3 Å². The molecule has 2 aliphatic rings. The number of nitrogens with one attached hydrogen (secondary N) is 1. The third kappa shape index (κ3) is 4.48. The van der Waals surface area contributed by atoms with Crippen molar-refractivity contribution in [1.82, 2.24) is 0 Å². The summed E-state index contributed by atoms with van der Waals surface area (Å²) in [5, 5.41) is 3.57. The van der Waals surface area contributed by atoms with E-state index < -0.39 is 6.04 Å². The van der Waals surface area contributed by atoms with Crippen LogP contribution in [0, 0.1) is 6.92 Å². The molecule has 2 unspecified atom stereocenters. The summed E-state index contributed by atoms with van der Waals surface area (Å²) in [5.74, 6) is 1.29. The topological polar surface area (TPSA) is 67.9 Å². The fourth-order valence-electron chi connectivity index (χ4n) is 5.44. The number of carbonyl (C=O) groups excluding carboxylic acids is 2. The number of hydrogen-bond donors (Lipinski definition) is 1. The van der Waals surface area contributed by atoms with Crippen LogP contribution in [0.4, 0.5) is 11.4 Å². The smallest absolute Gasteiger partial charge is 0.227 e. The quantitative estimate of drug-likeness (QED) is 0.448. The Bertz CT molecular complexity index is 1380. The summed E-state index contributed by atoms with van der Waals surface area (Å²) in [6.07, 6.45) is 1.33. The van der Waals surface area contributed by atoms with Gasteiger partial charge in [0.25, 0.3) is 0 Å². The molecule has 1 N–H and O–H groups in total. The van der Waals surface area contributed by atoms with Crippen molar-refractivity contribution < 1.29 is 19.1 Å². The Kier molecular flexibility index (Phi) is 6.74. The minimum absolute atomic E-state index is 0.0246. The molecule has 1 aliphatic carbocycles. The molecule has 1 aliphatic heterocycles. The van der Waals surface area contributed by atoms with Crippen LogP contribution < -0.4 is 19.7 Å². The number of fused-ring (bicyclic) bond motifs is 1. The first kappa shape index (κ1) is 24.6. The maximum Gasteiger partial charge on any atom is 0.227 e. The Hall–Kier alpha value is -4.06. The number of methoxy groups -OCH3 is 2. The maximum atomic E-state index is 14.0. The lowest BCUT2D eigenvalue weighted by atomic mass is 9.78. The van der Waals surface area contributed by atoms with E-state index in [1.54, 1.807) is 14.2 Å². The summed E-state index contributed by atoms with van der Waals surface area (Å²) in [5.41, 5.74) is 6.21. The van der Waals surface area contributed by atoms with Crippen molar-refractivity contribution in [1.29, 1.82) is 0 Å². The Morgan fingerprint density at radius 3 is 2.35 bits per heavy atom. The van der Waals surface area contributed by atoms with Crippen LogP contribution in [0.15, 0.2) is 78.0 Å². The van der Waals surface area contributed by atoms with Gasteiger partial charge in [-0.15, -0.1) is 0 Å². The Morgan fingerprint density at radius 1 is 0.946 bits per heavy atom. The normalized spacial score (nSPS) is 18.9. The molecule has 2 atom stereocenters. The van der Waals surface area contributed by atoms with Gasteiger partial charge in [-0.25, -0.2) is 0 Å². The van der Waals surface area contributed by atoms with Gasteiger partial charge in [-0.05, 0) is 54.7 Å². The molecule has 3 aromatic rings. The Labute approximate surface area is 217 Å².